The molecule has 5 heteroatoms. The van der Waals surface area contributed by atoms with Crippen LogP contribution in [0.1, 0.15) is 48.3 Å². The molecule has 0 unspecified atom stereocenters. The highest BCUT2D eigenvalue weighted by Gasteiger charge is 2.31. The summed E-state index contributed by atoms with van der Waals surface area (Å²) >= 11 is 0. The number of esters is 1. The Labute approximate surface area is 135 Å². The minimum absolute atomic E-state index is 0.270. The summed E-state index contributed by atoms with van der Waals surface area (Å²) < 4.78 is 4.73. The molecular formula is C18H22N2O3. The van der Waals surface area contributed by atoms with Gasteiger partial charge in [0.25, 0.3) is 5.91 Å². The second kappa shape index (κ2) is 5.72. The van der Waals surface area contributed by atoms with Gasteiger partial charge in [-0.25, -0.2) is 4.79 Å². The molecule has 0 atom stereocenters. The summed E-state index contributed by atoms with van der Waals surface area (Å²) in [5, 5.41) is 3.85. The summed E-state index contributed by atoms with van der Waals surface area (Å²) in [6.07, 6.45) is 4.52. The SMILES string of the molecule is COC(=O)C(C)(C)NC(=O)c1ccc2[nH]c3c(c2c1)CCCC3. The number of carbonyl (C=O) groups excluding carboxylic acids is 2. The van der Waals surface area contributed by atoms with Crippen molar-refractivity contribution >= 4 is 22.8 Å². The first kappa shape index (κ1) is 15.6. The van der Waals surface area contributed by atoms with Crippen LogP contribution in [-0.2, 0) is 22.4 Å². The van der Waals surface area contributed by atoms with Crippen molar-refractivity contribution in [3.63, 3.8) is 0 Å². The minimum atomic E-state index is -1.06. The van der Waals surface area contributed by atoms with Crippen LogP contribution >= 0.6 is 0 Å². The largest absolute Gasteiger partial charge is 0.467 e. The van der Waals surface area contributed by atoms with Gasteiger partial charge in [-0.3, -0.25) is 4.79 Å². The molecule has 23 heavy (non-hydrogen) atoms. The predicted octanol–water partition coefficient (Wildman–Crippen LogP) is 2.73. The molecule has 0 aliphatic heterocycles. The Morgan fingerprint density at radius 2 is 1.96 bits per heavy atom. The number of H-pyrrole nitrogens is 1. The zero-order chi connectivity index (χ0) is 16.6. The molecule has 3 rings (SSSR count). The van der Waals surface area contributed by atoms with Gasteiger partial charge in [0, 0.05) is 22.2 Å². The molecule has 0 saturated carbocycles. The quantitative estimate of drug-likeness (QED) is 0.856. The molecule has 2 N–H and O–H groups in total. The number of aryl methyl sites for hydroxylation is 2. The minimum Gasteiger partial charge on any atom is -0.467 e. The molecule has 122 valence electrons. The first-order chi connectivity index (χ1) is 10.9. The Kier molecular flexibility index (Phi) is 3.88. The van der Waals surface area contributed by atoms with Gasteiger partial charge in [-0.05, 0) is 63.3 Å². The van der Waals surface area contributed by atoms with Crippen LogP contribution in [0.25, 0.3) is 10.9 Å². The highest BCUT2D eigenvalue weighted by Crippen LogP contribution is 2.29. The number of methoxy groups -OCH3 is 1. The lowest BCUT2D eigenvalue weighted by Gasteiger charge is -2.23. The summed E-state index contributed by atoms with van der Waals surface area (Å²) in [5.74, 6) is -0.737. The van der Waals surface area contributed by atoms with E-state index in [4.69, 9.17) is 4.74 Å². The number of rotatable bonds is 3. The monoisotopic (exact) mass is 314 g/mol. The third-order valence-electron chi connectivity index (χ3n) is 4.48. The van der Waals surface area contributed by atoms with Gasteiger partial charge in [0.2, 0.25) is 0 Å². The molecule has 0 radical (unpaired) electrons. The summed E-state index contributed by atoms with van der Waals surface area (Å²) in [7, 11) is 1.31. The third-order valence-corrected chi connectivity index (χ3v) is 4.48. The van der Waals surface area contributed by atoms with Crippen molar-refractivity contribution in [2.45, 2.75) is 45.1 Å². The van der Waals surface area contributed by atoms with Crippen molar-refractivity contribution in [2.75, 3.05) is 7.11 Å². The first-order valence-electron chi connectivity index (χ1n) is 7.97. The van der Waals surface area contributed by atoms with E-state index >= 15 is 0 Å². The van der Waals surface area contributed by atoms with Crippen molar-refractivity contribution in [1.29, 1.82) is 0 Å². The smallest absolute Gasteiger partial charge is 0.330 e. The Morgan fingerprint density at radius 3 is 2.70 bits per heavy atom. The zero-order valence-electron chi connectivity index (χ0n) is 13.8. The number of hydrogen-bond acceptors (Lipinski definition) is 3. The number of nitrogens with one attached hydrogen (secondary N) is 2. The van der Waals surface area contributed by atoms with Gasteiger partial charge in [0.05, 0.1) is 7.11 Å². The van der Waals surface area contributed by atoms with Crippen LogP contribution in [0, 0.1) is 0 Å². The average molecular weight is 314 g/mol. The van der Waals surface area contributed by atoms with Crippen LogP contribution in [0.2, 0.25) is 0 Å². The molecular weight excluding hydrogens is 292 g/mol. The predicted molar refractivity (Wildman–Crippen MR) is 88.5 cm³/mol. The van der Waals surface area contributed by atoms with Crippen LogP contribution in [0.4, 0.5) is 0 Å². The molecule has 1 aromatic heterocycles. The van der Waals surface area contributed by atoms with Gasteiger partial charge in [-0.15, -0.1) is 0 Å². The van der Waals surface area contributed by atoms with Crippen LogP contribution in [0.5, 0.6) is 0 Å². The molecule has 0 fully saturated rings. The molecule has 0 spiro atoms. The van der Waals surface area contributed by atoms with E-state index in [1.165, 1.54) is 31.2 Å². The Hall–Kier alpha value is -2.30. The number of ether oxygens (including phenoxy) is 1. The third kappa shape index (κ3) is 2.83. The van der Waals surface area contributed by atoms with E-state index in [0.29, 0.717) is 5.56 Å². The van der Waals surface area contributed by atoms with Gasteiger partial charge in [-0.1, -0.05) is 0 Å². The first-order valence-corrected chi connectivity index (χ1v) is 7.97. The fraction of sp³-hybridized carbons (Fsp3) is 0.444. The Morgan fingerprint density at radius 1 is 1.22 bits per heavy atom. The van der Waals surface area contributed by atoms with E-state index in [1.807, 2.05) is 12.1 Å². The molecule has 0 bridgehead atoms. The maximum atomic E-state index is 12.5. The molecule has 1 aliphatic rings. The molecule has 5 nitrogen and oxygen atoms in total. The summed E-state index contributed by atoms with van der Waals surface area (Å²) in [5.41, 5.74) is 3.19. The lowest BCUT2D eigenvalue weighted by atomic mass is 9.95. The van der Waals surface area contributed by atoms with E-state index in [0.717, 1.165) is 23.7 Å². The highest BCUT2D eigenvalue weighted by atomic mass is 16.5. The van der Waals surface area contributed by atoms with Crippen LogP contribution < -0.4 is 5.32 Å². The second-order valence-electron chi connectivity index (χ2n) is 6.62. The zero-order valence-corrected chi connectivity index (χ0v) is 13.8. The van der Waals surface area contributed by atoms with E-state index in [1.54, 1.807) is 19.9 Å². The number of aromatic nitrogens is 1. The van der Waals surface area contributed by atoms with Crippen molar-refractivity contribution in [3.05, 3.63) is 35.0 Å². The number of amides is 1. The summed E-state index contributed by atoms with van der Waals surface area (Å²) in [4.78, 5) is 27.7. The molecule has 2 aromatic rings. The van der Waals surface area contributed by atoms with Gasteiger partial charge >= 0.3 is 5.97 Å². The molecule has 1 heterocycles. The fourth-order valence-corrected chi connectivity index (χ4v) is 3.21. The lowest BCUT2D eigenvalue weighted by molar-refractivity contribution is -0.146. The summed E-state index contributed by atoms with van der Waals surface area (Å²) in [6.45, 7) is 3.26. The normalized spacial score (nSPS) is 14.4. The fourth-order valence-electron chi connectivity index (χ4n) is 3.21. The van der Waals surface area contributed by atoms with Gasteiger partial charge < -0.3 is 15.0 Å². The van der Waals surface area contributed by atoms with Gasteiger partial charge in [0.1, 0.15) is 5.54 Å². The molecule has 1 amide bonds. The topological polar surface area (TPSA) is 71.2 Å². The summed E-state index contributed by atoms with van der Waals surface area (Å²) in [6, 6.07) is 5.64. The number of aromatic amines is 1. The highest BCUT2D eigenvalue weighted by molar-refractivity contribution is 6.01. The van der Waals surface area contributed by atoms with Crippen LogP contribution in [0.3, 0.4) is 0 Å². The maximum absolute atomic E-state index is 12.5. The van der Waals surface area contributed by atoms with Crippen molar-refractivity contribution in [2.24, 2.45) is 0 Å². The van der Waals surface area contributed by atoms with Crippen molar-refractivity contribution in [1.82, 2.24) is 10.3 Å². The van der Waals surface area contributed by atoms with E-state index in [2.05, 4.69) is 10.3 Å². The van der Waals surface area contributed by atoms with Gasteiger partial charge in [-0.2, -0.15) is 0 Å². The number of fused-ring (bicyclic) bond motifs is 3. The Balaban J connectivity index is 1.91. The number of carbonyl (C=O) groups is 2. The standard InChI is InChI=1S/C18H22N2O3/c1-18(2,17(22)23-3)20-16(21)11-8-9-15-13(10-11)12-6-4-5-7-14(12)19-15/h8-10,19H,4-7H2,1-3H3,(H,20,21). The number of benzene rings is 1. The molecule has 1 aliphatic carbocycles. The maximum Gasteiger partial charge on any atom is 0.330 e. The van der Waals surface area contributed by atoms with Crippen molar-refractivity contribution < 1.29 is 14.3 Å². The Bertz CT molecular complexity index is 774. The molecule has 1 aromatic carbocycles. The average Bonchev–Trinajstić information content (AvgIpc) is 2.91. The molecule has 0 saturated heterocycles. The second-order valence-corrected chi connectivity index (χ2v) is 6.62. The van der Waals surface area contributed by atoms with E-state index < -0.39 is 11.5 Å². The van der Waals surface area contributed by atoms with Crippen LogP contribution in [0.15, 0.2) is 18.2 Å². The van der Waals surface area contributed by atoms with E-state index in [9.17, 15) is 9.59 Å². The van der Waals surface area contributed by atoms with Gasteiger partial charge in [0.15, 0.2) is 0 Å². The van der Waals surface area contributed by atoms with E-state index in [-0.39, 0.29) is 5.91 Å². The number of hydrogen-bond donors (Lipinski definition) is 2. The lowest BCUT2D eigenvalue weighted by Crippen LogP contribution is -2.50. The van der Waals surface area contributed by atoms with Crippen LogP contribution in [-0.4, -0.2) is 29.5 Å². The van der Waals surface area contributed by atoms with Crippen molar-refractivity contribution in [3.8, 4) is 0 Å².